The summed E-state index contributed by atoms with van der Waals surface area (Å²) in [6.45, 7) is 6.44. The maximum absolute atomic E-state index is 12.3. The number of nitrogens with zero attached hydrogens (tertiary/aromatic N) is 1. The van der Waals surface area contributed by atoms with Crippen LogP contribution in [-0.2, 0) is 16.0 Å². The number of carbonyl (C=O) groups is 2. The number of likely N-dealkylation sites (tertiary alicyclic amines) is 1. The number of carboxylic acids is 1. The number of benzene rings is 1. The van der Waals surface area contributed by atoms with Crippen LogP contribution >= 0.6 is 0 Å². The zero-order chi connectivity index (χ0) is 14.9. The van der Waals surface area contributed by atoms with Crippen molar-refractivity contribution < 1.29 is 14.7 Å². The Kier molecular flexibility index (Phi) is 4.12. The summed E-state index contributed by atoms with van der Waals surface area (Å²) in [5.74, 6) is -1.22. The molecular weight excluding hydrogens is 254 g/mol. The number of carboxylic acid groups (broad SMARTS) is 1. The van der Waals surface area contributed by atoms with Crippen LogP contribution in [0.5, 0.6) is 0 Å². The summed E-state index contributed by atoms with van der Waals surface area (Å²) in [6.07, 6.45) is 0.896. The number of amides is 1. The monoisotopic (exact) mass is 275 g/mol. The third-order valence-corrected chi connectivity index (χ3v) is 4.32. The highest BCUT2D eigenvalue weighted by Gasteiger charge is 2.37. The minimum atomic E-state index is -0.806. The maximum atomic E-state index is 12.3. The third kappa shape index (κ3) is 2.84. The summed E-state index contributed by atoms with van der Waals surface area (Å²) in [5.41, 5.74) is 3.37. The molecular formula is C16H21NO3. The number of rotatable bonds is 3. The molecule has 2 rings (SSSR count). The van der Waals surface area contributed by atoms with Gasteiger partial charge in [0, 0.05) is 12.6 Å². The van der Waals surface area contributed by atoms with Gasteiger partial charge in [0.1, 0.15) is 0 Å². The zero-order valence-electron chi connectivity index (χ0n) is 12.2. The smallest absolute Gasteiger partial charge is 0.308 e. The number of hydrogen-bond acceptors (Lipinski definition) is 2. The van der Waals surface area contributed by atoms with Crippen LogP contribution < -0.4 is 0 Å². The lowest BCUT2D eigenvalue weighted by Crippen LogP contribution is -2.38. The van der Waals surface area contributed by atoms with E-state index in [2.05, 4.69) is 0 Å². The molecule has 0 spiro atoms. The molecule has 0 bridgehead atoms. The molecule has 1 amide bonds. The van der Waals surface area contributed by atoms with Crippen molar-refractivity contribution in [1.29, 1.82) is 0 Å². The number of hydrogen-bond donors (Lipinski definition) is 1. The van der Waals surface area contributed by atoms with E-state index in [1.165, 1.54) is 11.1 Å². The number of aryl methyl sites for hydroxylation is 2. The zero-order valence-corrected chi connectivity index (χ0v) is 12.2. The van der Waals surface area contributed by atoms with Gasteiger partial charge in [-0.15, -0.1) is 0 Å². The van der Waals surface area contributed by atoms with Gasteiger partial charge in [-0.3, -0.25) is 9.59 Å². The molecule has 1 fully saturated rings. The second-order valence-electron chi connectivity index (χ2n) is 5.66. The largest absolute Gasteiger partial charge is 0.481 e. The summed E-state index contributed by atoms with van der Waals surface area (Å²) >= 11 is 0. The van der Waals surface area contributed by atoms with Gasteiger partial charge in [-0.25, -0.2) is 0 Å². The van der Waals surface area contributed by atoms with E-state index in [1.54, 1.807) is 4.90 Å². The molecule has 1 aromatic carbocycles. The van der Waals surface area contributed by atoms with E-state index >= 15 is 0 Å². The fourth-order valence-electron chi connectivity index (χ4n) is 2.81. The van der Waals surface area contributed by atoms with Crippen molar-refractivity contribution in [2.45, 2.75) is 39.7 Å². The van der Waals surface area contributed by atoms with E-state index < -0.39 is 11.9 Å². The minimum Gasteiger partial charge on any atom is -0.481 e. The molecule has 0 radical (unpaired) electrons. The van der Waals surface area contributed by atoms with Gasteiger partial charge in [0.05, 0.1) is 12.3 Å². The lowest BCUT2D eigenvalue weighted by atomic mass is 10.0. The van der Waals surface area contributed by atoms with E-state index in [-0.39, 0.29) is 11.9 Å². The highest BCUT2D eigenvalue weighted by Crippen LogP contribution is 2.25. The van der Waals surface area contributed by atoms with E-state index in [9.17, 15) is 9.59 Å². The molecule has 20 heavy (non-hydrogen) atoms. The first-order chi connectivity index (χ1) is 9.40. The van der Waals surface area contributed by atoms with Gasteiger partial charge in [-0.2, -0.15) is 0 Å². The summed E-state index contributed by atoms with van der Waals surface area (Å²) in [5, 5.41) is 9.10. The second kappa shape index (κ2) is 5.65. The SMILES string of the molecule is Cc1ccc(CC(=O)N2CCC(C(=O)O)C2C)cc1C. The minimum absolute atomic E-state index is 0.0181. The van der Waals surface area contributed by atoms with Crippen molar-refractivity contribution in [3.63, 3.8) is 0 Å². The Balaban J connectivity index is 2.05. The molecule has 1 aliphatic rings. The van der Waals surface area contributed by atoms with Crippen molar-refractivity contribution in [1.82, 2.24) is 4.90 Å². The van der Waals surface area contributed by atoms with Gasteiger partial charge in [0.25, 0.3) is 0 Å². The van der Waals surface area contributed by atoms with Gasteiger partial charge in [-0.1, -0.05) is 18.2 Å². The standard InChI is InChI=1S/C16H21NO3/c1-10-4-5-13(8-11(10)2)9-15(18)17-7-6-14(12(17)3)16(19)20/h4-5,8,12,14H,6-7,9H2,1-3H3,(H,19,20). The van der Waals surface area contributed by atoms with Crippen LogP contribution in [0.4, 0.5) is 0 Å². The third-order valence-electron chi connectivity index (χ3n) is 4.32. The van der Waals surface area contributed by atoms with E-state index in [0.29, 0.717) is 19.4 Å². The van der Waals surface area contributed by atoms with Crippen LogP contribution in [0.15, 0.2) is 18.2 Å². The van der Waals surface area contributed by atoms with Gasteiger partial charge in [-0.05, 0) is 43.9 Å². The molecule has 2 atom stereocenters. The summed E-state index contributed by atoms with van der Waals surface area (Å²) in [6, 6.07) is 5.80. The van der Waals surface area contributed by atoms with Crippen molar-refractivity contribution in [3.05, 3.63) is 34.9 Å². The average Bonchev–Trinajstić information content (AvgIpc) is 2.76. The second-order valence-corrected chi connectivity index (χ2v) is 5.66. The van der Waals surface area contributed by atoms with E-state index in [0.717, 1.165) is 5.56 Å². The van der Waals surface area contributed by atoms with Crippen molar-refractivity contribution >= 4 is 11.9 Å². The fraction of sp³-hybridized carbons (Fsp3) is 0.500. The fourth-order valence-corrected chi connectivity index (χ4v) is 2.81. The lowest BCUT2D eigenvalue weighted by Gasteiger charge is -2.23. The van der Waals surface area contributed by atoms with Gasteiger partial charge < -0.3 is 10.0 Å². The molecule has 1 heterocycles. The Morgan fingerprint density at radius 3 is 2.55 bits per heavy atom. The van der Waals surface area contributed by atoms with Crippen LogP contribution in [0.3, 0.4) is 0 Å². The Morgan fingerprint density at radius 1 is 1.30 bits per heavy atom. The maximum Gasteiger partial charge on any atom is 0.308 e. The highest BCUT2D eigenvalue weighted by atomic mass is 16.4. The summed E-state index contributed by atoms with van der Waals surface area (Å²) < 4.78 is 0. The molecule has 1 saturated heterocycles. The Labute approximate surface area is 119 Å². The normalized spacial score (nSPS) is 22.1. The number of aliphatic carboxylic acids is 1. The lowest BCUT2D eigenvalue weighted by molar-refractivity contribution is -0.143. The summed E-state index contributed by atoms with van der Waals surface area (Å²) in [7, 11) is 0. The Morgan fingerprint density at radius 2 is 2.00 bits per heavy atom. The molecule has 108 valence electrons. The molecule has 1 aliphatic heterocycles. The first-order valence-electron chi connectivity index (χ1n) is 6.98. The molecule has 2 unspecified atom stereocenters. The predicted octanol–water partition coefficient (Wildman–Crippen LogP) is 2.17. The molecule has 0 aliphatic carbocycles. The van der Waals surface area contributed by atoms with E-state index in [4.69, 9.17) is 5.11 Å². The highest BCUT2D eigenvalue weighted by molar-refractivity contribution is 5.81. The average molecular weight is 275 g/mol. The van der Waals surface area contributed by atoms with Crippen molar-refractivity contribution in [2.75, 3.05) is 6.54 Å². The molecule has 4 nitrogen and oxygen atoms in total. The summed E-state index contributed by atoms with van der Waals surface area (Å²) in [4.78, 5) is 25.1. The van der Waals surface area contributed by atoms with Crippen LogP contribution in [0.25, 0.3) is 0 Å². The van der Waals surface area contributed by atoms with Gasteiger partial charge in [0.2, 0.25) is 5.91 Å². The number of carbonyl (C=O) groups excluding carboxylic acids is 1. The van der Waals surface area contributed by atoms with Crippen molar-refractivity contribution in [3.8, 4) is 0 Å². The van der Waals surface area contributed by atoms with Crippen LogP contribution in [0.1, 0.15) is 30.0 Å². The molecule has 1 N–H and O–H groups in total. The van der Waals surface area contributed by atoms with E-state index in [1.807, 2.05) is 39.0 Å². The first kappa shape index (κ1) is 14.6. The van der Waals surface area contributed by atoms with Crippen LogP contribution in [-0.4, -0.2) is 34.5 Å². The molecule has 4 heteroatoms. The molecule has 0 aromatic heterocycles. The topological polar surface area (TPSA) is 57.6 Å². The Hall–Kier alpha value is -1.84. The predicted molar refractivity (Wildman–Crippen MR) is 76.5 cm³/mol. The molecule has 0 saturated carbocycles. The van der Waals surface area contributed by atoms with Crippen LogP contribution in [0.2, 0.25) is 0 Å². The van der Waals surface area contributed by atoms with Crippen LogP contribution in [0, 0.1) is 19.8 Å². The van der Waals surface area contributed by atoms with Gasteiger partial charge >= 0.3 is 5.97 Å². The Bertz CT molecular complexity index is 539. The molecule has 1 aromatic rings. The van der Waals surface area contributed by atoms with Gasteiger partial charge in [0.15, 0.2) is 0 Å². The quantitative estimate of drug-likeness (QED) is 0.919. The van der Waals surface area contributed by atoms with Crippen molar-refractivity contribution in [2.24, 2.45) is 5.92 Å². The first-order valence-corrected chi connectivity index (χ1v) is 6.98.